The van der Waals surface area contributed by atoms with Crippen molar-refractivity contribution in [1.82, 2.24) is 0 Å². The van der Waals surface area contributed by atoms with Crippen LogP contribution in [-0.2, 0) is 65.4 Å². The molecule has 5 unspecified atom stereocenters. The number of esters is 4. The topological polar surface area (TPSA) is 237 Å². The van der Waals surface area contributed by atoms with Crippen molar-refractivity contribution < 1.29 is 80.2 Å². The largest absolute Gasteiger partial charge is 0.472 e. The summed E-state index contributed by atoms with van der Waals surface area (Å²) >= 11 is 0. The van der Waals surface area contributed by atoms with Gasteiger partial charge >= 0.3 is 39.5 Å². The summed E-state index contributed by atoms with van der Waals surface area (Å²) in [5.74, 6) is -2.18. The minimum absolute atomic E-state index is 0.0868. The minimum Gasteiger partial charge on any atom is -0.462 e. The lowest BCUT2D eigenvalue weighted by Crippen LogP contribution is -2.30. The number of rotatable bonds is 69. The third-order valence-corrected chi connectivity index (χ3v) is 17.4. The molecule has 0 fully saturated rings. The zero-order valence-electron chi connectivity index (χ0n) is 58.2. The summed E-state index contributed by atoms with van der Waals surface area (Å²) < 4.78 is 68.3. The van der Waals surface area contributed by atoms with E-state index in [1.165, 1.54) is 77.0 Å². The van der Waals surface area contributed by atoms with Crippen LogP contribution in [0.2, 0.25) is 0 Å². The van der Waals surface area contributed by atoms with Crippen molar-refractivity contribution in [2.24, 2.45) is 0 Å². The molecule has 0 rings (SSSR count). The zero-order valence-corrected chi connectivity index (χ0v) is 60.0. The fourth-order valence-electron chi connectivity index (χ4n) is 9.86. The monoisotopic (exact) mass is 1340 g/mol. The molecule has 0 radical (unpaired) electrons. The molecular weight excluding hydrogens is 1210 g/mol. The van der Waals surface area contributed by atoms with Crippen LogP contribution in [0.5, 0.6) is 0 Å². The van der Waals surface area contributed by atoms with Gasteiger partial charge in [0.25, 0.3) is 0 Å². The number of phosphoric ester groups is 2. The van der Waals surface area contributed by atoms with Gasteiger partial charge in [-0.2, -0.15) is 0 Å². The van der Waals surface area contributed by atoms with Gasteiger partial charge in [0.15, 0.2) is 12.2 Å². The predicted molar refractivity (Wildman–Crippen MR) is 372 cm³/mol. The number of carbonyl (C=O) groups excluding carboxylic acids is 4. The van der Waals surface area contributed by atoms with Gasteiger partial charge in [0.2, 0.25) is 0 Å². The molecule has 0 aromatic rings. The van der Waals surface area contributed by atoms with Crippen LogP contribution in [0.3, 0.4) is 0 Å². The summed E-state index contributed by atoms with van der Waals surface area (Å²) in [6.45, 7) is 4.70. The van der Waals surface area contributed by atoms with Crippen LogP contribution >= 0.6 is 15.6 Å². The Morgan fingerprint density at radius 1 is 0.315 bits per heavy atom. The highest BCUT2D eigenvalue weighted by molar-refractivity contribution is 7.47. The number of aliphatic hydroxyl groups excluding tert-OH is 1. The van der Waals surface area contributed by atoms with E-state index in [1.807, 2.05) is 0 Å². The first-order chi connectivity index (χ1) is 44.7. The first-order valence-electron chi connectivity index (χ1n) is 36.5. The predicted octanol–water partition coefficient (Wildman–Crippen LogP) is 20.3. The maximum atomic E-state index is 13.0. The van der Waals surface area contributed by atoms with Crippen molar-refractivity contribution in [2.45, 2.75) is 341 Å². The molecule has 0 saturated heterocycles. The lowest BCUT2D eigenvalue weighted by molar-refractivity contribution is -0.161. The van der Waals surface area contributed by atoms with Gasteiger partial charge in [0, 0.05) is 25.7 Å². The fourth-order valence-corrected chi connectivity index (χ4v) is 11.4. The highest BCUT2D eigenvalue weighted by Gasteiger charge is 2.30. The van der Waals surface area contributed by atoms with Gasteiger partial charge in [0.05, 0.1) is 26.4 Å². The SMILES string of the molecule is CC/C=C\C/C=C\C/C=C\CCCCCCCCCC(=O)OCC(COP(=O)(O)OCC(O)COP(=O)(O)OCC(COC(=O)CCCCCCC/C=C\CCCCCC)OC(=O)CCCCCCC/C=C\CCCC)OC(=O)CCCCCCCCCCCCC. The summed E-state index contributed by atoms with van der Waals surface area (Å²) in [6.07, 6.45) is 62.3. The number of unbranched alkanes of at least 4 members (excludes halogenated alkanes) is 33. The Hall–Kier alpha value is -3.24. The van der Waals surface area contributed by atoms with E-state index in [4.69, 9.17) is 37.0 Å². The Morgan fingerprint density at radius 3 is 0.924 bits per heavy atom. The standard InChI is InChI=1S/C73H132O17P2/c1-5-9-13-17-21-25-29-31-32-33-34-36-40-42-46-50-54-58-71(76)84-64-69(90-73(78)60-56-52-48-44-38-28-24-20-16-12-8-4)66-88-92(81,82)86-62-67(74)61-85-91(79,80)87-65-68(89-72(77)59-55-51-47-43-37-27-23-19-15-11-7-3)63-83-70(75)57-53-49-45-41-39-35-30-26-22-18-14-10-6-2/h9,13,19,21,23,25-26,30-32,67-69,74H,5-8,10-12,14-18,20,22,24,27-29,33-66H2,1-4H3,(H,79,80)(H,81,82)/b13-9-,23-19-,25-21-,30-26-,32-31-. The van der Waals surface area contributed by atoms with Crippen LogP contribution in [-0.4, -0.2) is 96.7 Å². The van der Waals surface area contributed by atoms with Crippen LogP contribution in [0.15, 0.2) is 60.8 Å². The van der Waals surface area contributed by atoms with Gasteiger partial charge < -0.3 is 33.8 Å². The Labute approximate surface area is 559 Å². The molecule has 0 amide bonds. The average molecular weight is 1340 g/mol. The second-order valence-electron chi connectivity index (χ2n) is 24.5. The first kappa shape index (κ1) is 88.8. The van der Waals surface area contributed by atoms with Gasteiger partial charge in [-0.05, 0) is 103 Å². The van der Waals surface area contributed by atoms with Crippen molar-refractivity contribution in [2.75, 3.05) is 39.6 Å². The van der Waals surface area contributed by atoms with Gasteiger partial charge in [0.1, 0.15) is 19.3 Å². The number of carbonyl (C=O) groups is 4. The number of hydrogen-bond donors (Lipinski definition) is 3. The molecule has 0 aromatic carbocycles. The molecule has 0 saturated carbocycles. The molecular formula is C73H132O17P2. The van der Waals surface area contributed by atoms with Gasteiger partial charge in [-0.15, -0.1) is 0 Å². The maximum absolute atomic E-state index is 13.0. The summed E-state index contributed by atoms with van der Waals surface area (Å²) in [7, 11) is -9.93. The maximum Gasteiger partial charge on any atom is 0.472 e. The Balaban J connectivity index is 5.27. The van der Waals surface area contributed by atoms with Gasteiger partial charge in [-0.25, -0.2) is 9.13 Å². The first-order valence-corrected chi connectivity index (χ1v) is 39.5. The fraction of sp³-hybridized carbons (Fsp3) is 0.808. The lowest BCUT2D eigenvalue weighted by Gasteiger charge is -2.21. The molecule has 0 spiro atoms. The molecule has 3 N–H and O–H groups in total. The lowest BCUT2D eigenvalue weighted by atomic mass is 10.1. The number of allylic oxidation sites excluding steroid dienone is 10. The Morgan fingerprint density at radius 2 is 0.576 bits per heavy atom. The van der Waals surface area contributed by atoms with Gasteiger partial charge in [-0.1, -0.05) is 255 Å². The second-order valence-corrected chi connectivity index (χ2v) is 27.4. The molecule has 19 heteroatoms. The van der Waals surface area contributed by atoms with E-state index in [0.717, 1.165) is 167 Å². The normalized spacial score (nSPS) is 14.4. The Bertz CT molecular complexity index is 1990. The molecule has 5 atom stereocenters. The van der Waals surface area contributed by atoms with E-state index < -0.39 is 97.5 Å². The molecule has 0 aliphatic heterocycles. The molecule has 17 nitrogen and oxygen atoms in total. The molecule has 0 bridgehead atoms. The quantitative estimate of drug-likeness (QED) is 0.0169. The van der Waals surface area contributed by atoms with Crippen LogP contribution in [0, 0.1) is 0 Å². The minimum atomic E-state index is -4.96. The summed E-state index contributed by atoms with van der Waals surface area (Å²) in [5.41, 5.74) is 0. The number of aliphatic hydroxyl groups is 1. The summed E-state index contributed by atoms with van der Waals surface area (Å²) in [4.78, 5) is 72.6. The van der Waals surface area contributed by atoms with Crippen LogP contribution < -0.4 is 0 Å². The highest BCUT2D eigenvalue weighted by atomic mass is 31.2. The summed E-state index contributed by atoms with van der Waals surface area (Å²) in [5, 5.41) is 10.6. The number of hydrogen-bond acceptors (Lipinski definition) is 15. The van der Waals surface area contributed by atoms with Crippen molar-refractivity contribution >= 4 is 39.5 Å². The van der Waals surface area contributed by atoms with Crippen molar-refractivity contribution in [3.8, 4) is 0 Å². The van der Waals surface area contributed by atoms with E-state index in [2.05, 4.69) is 88.5 Å². The van der Waals surface area contributed by atoms with E-state index in [1.54, 1.807) is 0 Å². The van der Waals surface area contributed by atoms with E-state index in [9.17, 15) is 43.2 Å². The molecule has 0 heterocycles. The second kappa shape index (κ2) is 66.4. The van der Waals surface area contributed by atoms with Crippen molar-refractivity contribution in [3.63, 3.8) is 0 Å². The molecule has 0 aliphatic carbocycles. The van der Waals surface area contributed by atoms with E-state index in [-0.39, 0.29) is 25.7 Å². The van der Waals surface area contributed by atoms with Crippen LogP contribution in [0.1, 0.15) is 323 Å². The average Bonchev–Trinajstić information content (AvgIpc) is 2.31. The third kappa shape index (κ3) is 65.4. The molecule has 0 aromatic heterocycles. The number of phosphoric acid groups is 2. The van der Waals surface area contributed by atoms with Crippen molar-refractivity contribution in [1.29, 1.82) is 0 Å². The third-order valence-electron chi connectivity index (χ3n) is 15.5. The zero-order chi connectivity index (χ0) is 67.5. The molecule has 536 valence electrons. The molecule has 0 aliphatic rings. The van der Waals surface area contributed by atoms with Gasteiger partial charge in [-0.3, -0.25) is 37.3 Å². The Kier molecular flexibility index (Phi) is 64.0. The van der Waals surface area contributed by atoms with E-state index >= 15 is 0 Å². The smallest absolute Gasteiger partial charge is 0.462 e. The van der Waals surface area contributed by atoms with Crippen LogP contribution in [0.25, 0.3) is 0 Å². The van der Waals surface area contributed by atoms with Crippen LogP contribution in [0.4, 0.5) is 0 Å². The van der Waals surface area contributed by atoms with Crippen molar-refractivity contribution in [3.05, 3.63) is 60.8 Å². The molecule has 92 heavy (non-hydrogen) atoms. The van der Waals surface area contributed by atoms with E-state index in [0.29, 0.717) is 25.7 Å². The highest BCUT2D eigenvalue weighted by Crippen LogP contribution is 2.45. The summed E-state index contributed by atoms with van der Waals surface area (Å²) in [6, 6.07) is 0. The number of ether oxygens (including phenoxy) is 4.